The molecule has 1 aromatic rings. The molecule has 1 aromatic carbocycles. The van der Waals surface area contributed by atoms with E-state index < -0.39 is 24.0 Å². The zero-order chi connectivity index (χ0) is 17.6. The number of nitrogens with two attached hydrogens (primary N) is 1. The van der Waals surface area contributed by atoms with Crippen molar-refractivity contribution >= 4 is 23.7 Å². The summed E-state index contributed by atoms with van der Waals surface area (Å²) in [5.74, 6) is -1.69. The fourth-order valence-corrected chi connectivity index (χ4v) is 1.81. The molecule has 7 nitrogen and oxygen atoms in total. The Morgan fingerprint density at radius 2 is 1.78 bits per heavy atom. The van der Waals surface area contributed by atoms with E-state index in [4.69, 9.17) is 10.5 Å². The molecule has 0 aliphatic carbocycles. The molecule has 0 aliphatic rings. The first-order valence-electron chi connectivity index (χ1n) is 7.11. The normalized spacial score (nSPS) is 11.4. The van der Waals surface area contributed by atoms with Crippen LogP contribution in [0.2, 0.25) is 0 Å². The molecule has 124 valence electrons. The second-order valence-corrected chi connectivity index (χ2v) is 5.21. The Bertz CT molecular complexity index is 639. The van der Waals surface area contributed by atoms with Crippen LogP contribution in [-0.4, -0.2) is 29.8 Å². The smallest absolute Gasteiger partial charge is 0.318 e. The number of imide groups is 1. The van der Waals surface area contributed by atoms with Gasteiger partial charge in [0, 0.05) is 12.0 Å². The predicted octanol–water partition coefficient (Wildman–Crippen LogP) is 1.39. The van der Waals surface area contributed by atoms with Gasteiger partial charge in [0.1, 0.15) is 0 Å². The molecule has 3 amide bonds. The summed E-state index contributed by atoms with van der Waals surface area (Å²) in [4.78, 5) is 45.5. The van der Waals surface area contributed by atoms with Gasteiger partial charge in [-0.2, -0.15) is 0 Å². The quantitative estimate of drug-likeness (QED) is 0.607. The Hall–Kier alpha value is -2.70. The van der Waals surface area contributed by atoms with Crippen molar-refractivity contribution in [3.63, 3.8) is 0 Å². The highest BCUT2D eigenvalue weighted by Crippen LogP contribution is 2.12. The van der Waals surface area contributed by atoms with Gasteiger partial charge in [0.05, 0.1) is 6.42 Å². The second-order valence-electron chi connectivity index (χ2n) is 5.21. The van der Waals surface area contributed by atoms with E-state index in [1.165, 1.54) is 6.92 Å². The van der Waals surface area contributed by atoms with Crippen molar-refractivity contribution in [1.82, 2.24) is 5.32 Å². The van der Waals surface area contributed by atoms with Gasteiger partial charge in [-0.3, -0.25) is 19.7 Å². The highest BCUT2D eigenvalue weighted by molar-refractivity contribution is 5.98. The summed E-state index contributed by atoms with van der Waals surface area (Å²) in [5, 5.41) is 1.81. The average Bonchev–Trinajstić information content (AvgIpc) is 2.46. The van der Waals surface area contributed by atoms with Crippen molar-refractivity contribution in [2.24, 2.45) is 5.73 Å². The van der Waals surface area contributed by atoms with Gasteiger partial charge in [-0.05, 0) is 38.0 Å². The number of ether oxygens (including phenoxy) is 1. The summed E-state index contributed by atoms with van der Waals surface area (Å²) in [6, 6.07) is 4.30. The second kappa shape index (κ2) is 8.07. The highest BCUT2D eigenvalue weighted by atomic mass is 16.5. The number of benzene rings is 1. The summed E-state index contributed by atoms with van der Waals surface area (Å²) in [7, 11) is 0. The molecule has 0 bridgehead atoms. The predicted molar refractivity (Wildman–Crippen MR) is 82.8 cm³/mol. The van der Waals surface area contributed by atoms with E-state index in [1.54, 1.807) is 17.4 Å². The van der Waals surface area contributed by atoms with Crippen LogP contribution in [0, 0.1) is 13.8 Å². The van der Waals surface area contributed by atoms with Crippen molar-refractivity contribution in [2.45, 2.75) is 39.7 Å². The van der Waals surface area contributed by atoms with E-state index in [0.29, 0.717) is 5.56 Å². The molecule has 3 N–H and O–H groups in total. The molecule has 23 heavy (non-hydrogen) atoms. The Morgan fingerprint density at radius 1 is 1.13 bits per heavy atom. The first-order chi connectivity index (χ1) is 10.7. The Labute approximate surface area is 134 Å². The maximum absolute atomic E-state index is 12.0. The van der Waals surface area contributed by atoms with E-state index >= 15 is 0 Å². The van der Waals surface area contributed by atoms with Crippen LogP contribution in [0.5, 0.6) is 0 Å². The highest BCUT2D eigenvalue weighted by Gasteiger charge is 2.19. The summed E-state index contributed by atoms with van der Waals surface area (Å²) in [6.45, 7) is 5.15. The summed E-state index contributed by atoms with van der Waals surface area (Å²) in [6.07, 6.45) is -1.34. The number of primary amides is 1. The van der Waals surface area contributed by atoms with E-state index in [-0.39, 0.29) is 18.6 Å². The first kappa shape index (κ1) is 18.3. The monoisotopic (exact) mass is 320 g/mol. The first-order valence-corrected chi connectivity index (χ1v) is 7.11. The van der Waals surface area contributed by atoms with Gasteiger partial charge in [-0.15, -0.1) is 0 Å². The third-order valence-electron chi connectivity index (χ3n) is 3.31. The zero-order valence-corrected chi connectivity index (χ0v) is 13.3. The average molecular weight is 320 g/mol. The van der Waals surface area contributed by atoms with E-state index in [1.807, 2.05) is 19.9 Å². The lowest BCUT2D eigenvalue weighted by atomic mass is 10.0. The molecule has 0 aliphatic heterocycles. The van der Waals surface area contributed by atoms with Gasteiger partial charge in [-0.25, -0.2) is 4.79 Å². The number of aryl methyl sites for hydroxylation is 2. The number of ketones is 1. The Morgan fingerprint density at radius 3 is 2.35 bits per heavy atom. The minimum atomic E-state index is -1.16. The lowest BCUT2D eigenvalue weighted by Gasteiger charge is -2.11. The van der Waals surface area contributed by atoms with E-state index in [9.17, 15) is 19.2 Å². The van der Waals surface area contributed by atoms with Gasteiger partial charge in [-0.1, -0.05) is 12.1 Å². The lowest BCUT2D eigenvalue weighted by Crippen LogP contribution is -2.42. The molecule has 1 atom stereocenters. The molecular weight excluding hydrogens is 300 g/mol. The minimum absolute atomic E-state index is 0.0223. The van der Waals surface area contributed by atoms with Crippen LogP contribution in [0.15, 0.2) is 18.2 Å². The van der Waals surface area contributed by atoms with Crippen molar-refractivity contribution in [3.8, 4) is 0 Å². The molecule has 0 saturated heterocycles. The molecule has 0 aromatic heterocycles. The SMILES string of the molecule is Cc1ccc(C(=O)CCC(=O)O[C@H](C)C(=O)NC(N)=O)cc1C. The van der Waals surface area contributed by atoms with Gasteiger partial charge >= 0.3 is 12.0 Å². The number of Topliss-reactive ketones (excluding diaryl/α,β-unsaturated/α-hetero) is 1. The molecule has 0 saturated carbocycles. The van der Waals surface area contributed by atoms with Crippen LogP contribution in [0.4, 0.5) is 4.79 Å². The van der Waals surface area contributed by atoms with Crippen LogP contribution in [0.1, 0.15) is 41.3 Å². The molecule has 0 fully saturated rings. The van der Waals surface area contributed by atoms with Gasteiger partial charge < -0.3 is 10.5 Å². The van der Waals surface area contributed by atoms with Crippen molar-refractivity contribution < 1.29 is 23.9 Å². The zero-order valence-electron chi connectivity index (χ0n) is 13.3. The van der Waals surface area contributed by atoms with Crippen LogP contribution in [0.3, 0.4) is 0 Å². The van der Waals surface area contributed by atoms with Gasteiger partial charge in [0.15, 0.2) is 11.9 Å². The van der Waals surface area contributed by atoms with E-state index in [2.05, 4.69) is 0 Å². The molecule has 1 rings (SSSR count). The fraction of sp³-hybridized carbons (Fsp3) is 0.375. The molecule has 7 heteroatoms. The molecule has 0 spiro atoms. The molecular formula is C16H20N2O5. The van der Waals surface area contributed by atoms with Crippen LogP contribution < -0.4 is 11.1 Å². The summed E-state index contributed by atoms with van der Waals surface area (Å²) in [5.41, 5.74) is 7.39. The number of amides is 3. The molecule has 0 radical (unpaired) electrons. The maximum Gasteiger partial charge on any atom is 0.318 e. The minimum Gasteiger partial charge on any atom is -0.453 e. The Kier molecular flexibility index (Phi) is 6.44. The third kappa shape index (κ3) is 5.90. The van der Waals surface area contributed by atoms with Gasteiger partial charge in [0.25, 0.3) is 5.91 Å². The number of esters is 1. The number of urea groups is 1. The van der Waals surface area contributed by atoms with Crippen LogP contribution in [0.25, 0.3) is 0 Å². The van der Waals surface area contributed by atoms with Crippen LogP contribution >= 0.6 is 0 Å². The number of hydrogen-bond acceptors (Lipinski definition) is 5. The standard InChI is InChI=1S/C16H20N2O5/c1-9-4-5-12(8-10(9)2)13(19)6-7-14(20)23-11(3)15(21)18-16(17)22/h4-5,8,11H,6-7H2,1-3H3,(H3,17,18,21,22)/t11-/m1/s1. The van der Waals surface area contributed by atoms with E-state index in [0.717, 1.165) is 11.1 Å². The van der Waals surface area contributed by atoms with Crippen molar-refractivity contribution in [3.05, 3.63) is 34.9 Å². The largest absolute Gasteiger partial charge is 0.453 e. The molecule has 0 heterocycles. The number of nitrogens with one attached hydrogen (secondary N) is 1. The molecule has 0 unspecified atom stereocenters. The number of carbonyl (C=O) groups is 4. The van der Waals surface area contributed by atoms with Crippen molar-refractivity contribution in [1.29, 1.82) is 0 Å². The fourth-order valence-electron chi connectivity index (χ4n) is 1.81. The Balaban J connectivity index is 2.49. The van der Waals surface area contributed by atoms with Crippen LogP contribution in [-0.2, 0) is 14.3 Å². The maximum atomic E-state index is 12.0. The number of carbonyl (C=O) groups excluding carboxylic acids is 4. The number of rotatable bonds is 6. The lowest BCUT2D eigenvalue weighted by molar-refractivity contribution is -0.154. The van der Waals surface area contributed by atoms with Gasteiger partial charge in [0.2, 0.25) is 0 Å². The summed E-state index contributed by atoms with van der Waals surface area (Å²) >= 11 is 0. The number of hydrogen-bond donors (Lipinski definition) is 2. The topological polar surface area (TPSA) is 116 Å². The van der Waals surface area contributed by atoms with Crippen molar-refractivity contribution in [2.75, 3.05) is 0 Å². The summed E-state index contributed by atoms with van der Waals surface area (Å²) < 4.78 is 4.83. The third-order valence-corrected chi connectivity index (χ3v) is 3.31.